The Morgan fingerprint density at radius 1 is 1.44 bits per heavy atom. The highest BCUT2D eigenvalue weighted by Crippen LogP contribution is 2.01. The van der Waals surface area contributed by atoms with Crippen LogP contribution in [0.15, 0.2) is 0 Å². The molecule has 0 bridgehead atoms. The number of nitrogens with one attached hydrogen (secondary N) is 1. The zero-order valence-corrected chi connectivity index (χ0v) is 10.4. The minimum absolute atomic E-state index is 0.0201. The summed E-state index contributed by atoms with van der Waals surface area (Å²) in [5, 5.41) is 0. The molecule has 0 aliphatic carbocycles. The second-order valence-electron chi connectivity index (χ2n) is 3.68. The van der Waals surface area contributed by atoms with Crippen LogP contribution in [0.1, 0.15) is 13.8 Å². The number of amides is 1. The molecule has 6 nitrogen and oxygen atoms in total. The van der Waals surface area contributed by atoms with Crippen LogP contribution in [-0.4, -0.2) is 57.3 Å². The summed E-state index contributed by atoms with van der Waals surface area (Å²) < 4.78 is 30.0. The molecule has 1 atom stereocenters. The highest BCUT2D eigenvalue weighted by atomic mass is 32.2. The van der Waals surface area contributed by atoms with Crippen LogP contribution >= 0.6 is 0 Å². The highest BCUT2D eigenvalue weighted by molar-refractivity contribution is 7.89. The minimum atomic E-state index is -3.33. The van der Waals surface area contributed by atoms with Crippen molar-refractivity contribution in [1.29, 1.82) is 0 Å². The number of hydrogen-bond donors (Lipinski definition) is 1. The number of rotatable bonds is 4. The van der Waals surface area contributed by atoms with E-state index in [9.17, 15) is 13.2 Å². The predicted molar refractivity (Wildman–Crippen MR) is 59.5 cm³/mol. The molecule has 1 saturated heterocycles. The van der Waals surface area contributed by atoms with E-state index in [1.165, 1.54) is 6.92 Å². The fourth-order valence-electron chi connectivity index (χ4n) is 1.46. The molecule has 0 saturated carbocycles. The summed E-state index contributed by atoms with van der Waals surface area (Å²) in [5.41, 5.74) is 0. The minimum Gasteiger partial charge on any atom is -0.378 e. The molecule has 16 heavy (non-hydrogen) atoms. The standard InChI is InChI=1S/C9H18N2O4S/c1-3-16(13,14)10-8(2)9(12)11-4-6-15-7-5-11/h8,10H,3-7H2,1-2H3. The topological polar surface area (TPSA) is 75.7 Å². The molecule has 94 valence electrons. The largest absolute Gasteiger partial charge is 0.378 e. The third kappa shape index (κ3) is 3.73. The number of hydrogen-bond acceptors (Lipinski definition) is 4. The first-order chi connectivity index (χ1) is 7.46. The first-order valence-corrected chi connectivity index (χ1v) is 6.98. The number of carbonyl (C=O) groups excluding carboxylic acids is 1. The normalized spacial score (nSPS) is 19.5. The summed E-state index contributed by atoms with van der Waals surface area (Å²) in [6, 6.07) is -0.706. The van der Waals surface area contributed by atoms with Gasteiger partial charge in [-0.15, -0.1) is 0 Å². The maximum atomic E-state index is 11.8. The molecular formula is C9H18N2O4S. The van der Waals surface area contributed by atoms with Gasteiger partial charge in [0.1, 0.15) is 0 Å². The molecule has 1 rings (SSSR count). The molecule has 0 spiro atoms. The van der Waals surface area contributed by atoms with Crippen molar-refractivity contribution in [3.8, 4) is 0 Å². The van der Waals surface area contributed by atoms with E-state index in [1.807, 2.05) is 0 Å². The van der Waals surface area contributed by atoms with E-state index in [0.717, 1.165) is 0 Å². The van der Waals surface area contributed by atoms with Crippen molar-refractivity contribution in [2.45, 2.75) is 19.9 Å². The monoisotopic (exact) mass is 250 g/mol. The molecule has 1 N–H and O–H groups in total. The van der Waals surface area contributed by atoms with Crippen molar-refractivity contribution < 1.29 is 17.9 Å². The summed E-state index contributed by atoms with van der Waals surface area (Å²) >= 11 is 0. The molecule has 1 unspecified atom stereocenters. The molecule has 0 aromatic rings. The Hall–Kier alpha value is -0.660. The number of morpholine rings is 1. The van der Waals surface area contributed by atoms with E-state index in [-0.39, 0.29) is 11.7 Å². The number of nitrogens with zero attached hydrogens (tertiary/aromatic N) is 1. The molecule has 7 heteroatoms. The maximum Gasteiger partial charge on any atom is 0.240 e. The molecule has 1 fully saturated rings. The van der Waals surface area contributed by atoms with Crippen molar-refractivity contribution in [2.75, 3.05) is 32.1 Å². The quantitative estimate of drug-likeness (QED) is 0.707. The highest BCUT2D eigenvalue weighted by Gasteiger charge is 2.25. The lowest BCUT2D eigenvalue weighted by Crippen LogP contribution is -2.50. The van der Waals surface area contributed by atoms with Gasteiger partial charge in [-0.05, 0) is 13.8 Å². The van der Waals surface area contributed by atoms with E-state index in [2.05, 4.69) is 4.72 Å². The van der Waals surface area contributed by atoms with Gasteiger partial charge in [-0.3, -0.25) is 4.79 Å². The van der Waals surface area contributed by atoms with Gasteiger partial charge >= 0.3 is 0 Å². The smallest absolute Gasteiger partial charge is 0.240 e. The van der Waals surface area contributed by atoms with Crippen LogP contribution in [0.25, 0.3) is 0 Å². The van der Waals surface area contributed by atoms with Gasteiger partial charge in [0.25, 0.3) is 0 Å². The van der Waals surface area contributed by atoms with Gasteiger partial charge in [0.15, 0.2) is 0 Å². The van der Waals surface area contributed by atoms with Crippen molar-refractivity contribution in [3.63, 3.8) is 0 Å². The Bertz CT molecular complexity index is 335. The maximum absolute atomic E-state index is 11.8. The van der Waals surface area contributed by atoms with Crippen LogP contribution in [-0.2, 0) is 19.6 Å². The van der Waals surface area contributed by atoms with Crippen LogP contribution in [0.5, 0.6) is 0 Å². The van der Waals surface area contributed by atoms with E-state index >= 15 is 0 Å². The van der Waals surface area contributed by atoms with Crippen LogP contribution in [0.3, 0.4) is 0 Å². The third-order valence-electron chi connectivity index (χ3n) is 2.43. The summed E-state index contributed by atoms with van der Waals surface area (Å²) in [7, 11) is -3.33. The van der Waals surface area contributed by atoms with Crippen molar-refractivity contribution >= 4 is 15.9 Å². The zero-order chi connectivity index (χ0) is 12.2. The summed E-state index contributed by atoms with van der Waals surface area (Å²) in [6.07, 6.45) is 0. The van der Waals surface area contributed by atoms with Crippen molar-refractivity contribution in [2.24, 2.45) is 0 Å². The number of ether oxygens (including phenoxy) is 1. The Morgan fingerprint density at radius 2 is 2.00 bits per heavy atom. The van der Waals surface area contributed by atoms with Gasteiger partial charge in [0.05, 0.1) is 25.0 Å². The van der Waals surface area contributed by atoms with Gasteiger partial charge in [-0.25, -0.2) is 13.1 Å². The van der Waals surface area contributed by atoms with Gasteiger partial charge in [-0.2, -0.15) is 0 Å². The van der Waals surface area contributed by atoms with Crippen LogP contribution < -0.4 is 4.72 Å². The van der Waals surface area contributed by atoms with Gasteiger partial charge < -0.3 is 9.64 Å². The Balaban J connectivity index is 2.53. The van der Waals surface area contributed by atoms with Crippen LogP contribution in [0.2, 0.25) is 0 Å². The first-order valence-electron chi connectivity index (χ1n) is 5.33. The summed E-state index contributed by atoms with van der Waals surface area (Å²) in [5.74, 6) is -0.214. The van der Waals surface area contributed by atoms with E-state index in [1.54, 1.807) is 11.8 Å². The predicted octanol–water partition coefficient (Wildman–Crippen LogP) is -0.827. The lowest BCUT2D eigenvalue weighted by molar-refractivity contribution is -0.136. The Labute approximate surface area is 96.0 Å². The molecule has 1 aliphatic rings. The Morgan fingerprint density at radius 3 is 2.50 bits per heavy atom. The lowest BCUT2D eigenvalue weighted by atomic mass is 10.3. The fraction of sp³-hybridized carbons (Fsp3) is 0.889. The second kappa shape index (κ2) is 5.60. The van der Waals surface area contributed by atoms with Gasteiger partial charge in [0, 0.05) is 13.1 Å². The molecule has 1 heterocycles. The molecule has 1 amide bonds. The number of sulfonamides is 1. The van der Waals surface area contributed by atoms with Gasteiger partial charge in [0.2, 0.25) is 15.9 Å². The lowest BCUT2D eigenvalue weighted by Gasteiger charge is -2.29. The van der Waals surface area contributed by atoms with Crippen molar-refractivity contribution in [3.05, 3.63) is 0 Å². The molecule has 0 aromatic carbocycles. The zero-order valence-electron chi connectivity index (χ0n) is 9.60. The number of carbonyl (C=O) groups is 1. The summed E-state index contributed by atoms with van der Waals surface area (Å²) in [4.78, 5) is 13.5. The van der Waals surface area contributed by atoms with Crippen LogP contribution in [0, 0.1) is 0 Å². The molecule has 0 aromatic heterocycles. The molecule has 1 aliphatic heterocycles. The molecular weight excluding hydrogens is 232 g/mol. The average molecular weight is 250 g/mol. The van der Waals surface area contributed by atoms with Gasteiger partial charge in [-0.1, -0.05) is 0 Å². The van der Waals surface area contributed by atoms with E-state index < -0.39 is 16.1 Å². The van der Waals surface area contributed by atoms with E-state index in [4.69, 9.17) is 4.74 Å². The SMILES string of the molecule is CCS(=O)(=O)NC(C)C(=O)N1CCOCC1. The third-order valence-corrected chi connectivity index (χ3v) is 3.90. The summed E-state index contributed by atoms with van der Waals surface area (Å²) in [6.45, 7) is 5.17. The van der Waals surface area contributed by atoms with E-state index in [0.29, 0.717) is 26.3 Å². The molecule has 0 radical (unpaired) electrons. The second-order valence-corrected chi connectivity index (χ2v) is 5.72. The first kappa shape index (κ1) is 13.4. The van der Waals surface area contributed by atoms with Crippen LogP contribution in [0.4, 0.5) is 0 Å². The average Bonchev–Trinajstić information content (AvgIpc) is 2.28. The fourth-order valence-corrected chi connectivity index (χ4v) is 2.27. The Kier molecular flexibility index (Phi) is 4.69. The van der Waals surface area contributed by atoms with Crippen molar-refractivity contribution in [1.82, 2.24) is 9.62 Å².